The van der Waals surface area contributed by atoms with Crippen molar-refractivity contribution in [3.05, 3.63) is 70.4 Å². The third kappa shape index (κ3) is 3.97. The molecule has 1 fully saturated rings. The van der Waals surface area contributed by atoms with Gasteiger partial charge in [-0.1, -0.05) is 41.9 Å². The highest BCUT2D eigenvalue weighted by molar-refractivity contribution is 6.30. The number of aromatic nitrogens is 1. The number of ether oxygens (including phenoxy) is 1. The first-order valence-corrected chi connectivity index (χ1v) is 9.89. The van der Waals surface area contributed by atoms with Crippen LogP contribution in [-0.2, 0) is 17.9 Å². The van der Waals surface area contributed by atoms with Gasteiger partial charge in [0.2, 0.25) is 5.91 Å². The Labute approximate surface area is 170 Å². The molecule has 0 aliphatic heterocycles. The Morgan fingerprint density at radius 2 is 1.89 bits per heavy atom. The Bertz CT molecular complexity index is 1030. The first-order valence-electron chi connectivity index (χ1n) is 9.51. The summed E-state index contributed by atoms with van der Waals surface area (Å²) in [6.45, 7) is 2.96. The minimum atomic E-state index is 0.129. The summed E-state index contributed by atoms with van der Waals surface area (Å²) in [5.41, 5.74) is 3.87. The molecule has 1 amide bonds. The summed E-state index contributed by atoms with van der Waals surface area (Å²) < 4.78 is 5.47. The summed E-state index contributed by atoms with van der Waals surface area (Å²) in [5, 5.41) is 1.48. The third-order valence-electron chi connectivity index (χ3n) is 5.15. The fourth-order valence-electron chi connectivity index (χ4n) is 3.45. The molecule has 0 bridgehead atoms. The second kappa shape index (κ2) is 7.80. The van der Waals surface area contributed by atoms with E-state index in [1.807, 2.05) is 54.3 Å². The molecule has 2 aromatic carbocycles. The van der Waals surface area contributed by atoms with Gasteiger partial charge in [-0.3, -0.25) is 4.79 Å². The van der Waals surface area contributed by atoms with E-state index in [4.69, 9.17) is 16.3 Å². The fraction of sp³-hybridized carbons (Fsp3) is 0.304. The number of para-hydroxylation sites is 1. The molecule has 0 atom stereocenters. The minimum absolute atomic E-state index is 0.129. The third-order valence-corrected chi connectivity index (χ3v) is 5.48. The fourth-order valence-corrected chi connectivity index (χ4v) is 3.66. The predicted molar refractivity (Wildman–Crippen MR) is 111 cm³/mol. The molecule has 5 heteroatoms. The Morgan fingerprint density at radius 3 is 2.64 bits per heavy atom. The lowest BCUT2D eigenvalue weighted by molar-refractivity contribution is -0.133. The number of halogens is 1. The summed E-state index contributed by atoms with van der Waals surface area (Å²) in [6, 6.07) is 16.0. The molecule has 1 aliphatic rings. The molecular formula is C23H23ClN2O2. The number of carbonyl (C=O) groups excluding carboxylic acids is 1. The first kappa shape index (κ1) is 18.8. The molecule has 0 spiro atoms. The standard InChI is InChI=1S/C23H23ClN2O2/c1-15-7-8-17-12-19(22(24)25-20(17)11-15)14-26(23(27)16-9-10-16)13-18-5-3-4-6-21(18)28-2/h3-8,11-12,16H,9-10,13-14H2,1-2H3. The SMILES string of the molecule is COc1ccccc1CN(Cc1cc2ccc(C)cc2nc1Cl)C(=O)C1CC1. The van der Waals surface area contributed by atoms with Crippen LogP contribution in [0.1, 0.15) is 29.5 Å². The van der Waals surface area contributed by atoms with E-state index < -0.39 is 0 Å². The number of benzene rings is 2. The molecule has 4 rings (SSSR count). The summed E-state index contributed by atoms with van der Waals surface area (Å²) in [4.78, 5) is 19.4. The van der Waals surface area contributed by atoms with E-state index in [1.165, 1.54) is 0 Å². The van der Waals surface area contributed by atoms with Crippen molar-refractivity contribution in [2.45, 2.75) is 32.9 Å². The normalized spacial score (nSPS) is 13.5. The van der Waals surface area contributed by atoms with Crippen LogP contribution in [0.3, 0.4) is 0 Å². The van der Waals surface area contributed by atoms with E-state index in [0.717, 1.165) is 46.2 Å². The minimum Gasteiger partial charge on any atom is -0.496 e. The molecule has 1 aromatic heterocycles. The van der Waals surface area contributed by atoms with Gasteiger partial charge in [-0.15, -0.1) is 0 Å². The van der Waals surface area contributed by atoms with E-state index >= 15 is 0 Å². The van der Waals surface area contributed by atoms with E-state index in [-0.39, 0.29) is 11.8 Å². The number of hydrogen-bond donors (Lipinski definition) is 0. The Balaban J connectivity index is 1.66. The second-order valence-electron chi connectivity index (χ2n) is 7.41. The van der Waals surface area contributed by atoms with E-state index in [0.29, 0.717) is 18.2 Å². The summed E-state index contributed by atoms with van der Waals surface area (Å²) in [6.07, 6.45) is 1.93. The lowest BCUT2D eigenvalue weighted by atomic mass is 10.1. The van der Waals surface area contributed by atoms with Crippen molar-refractivity contribution in [1.82, 2.24) is 9.88 Å². The maximum atomic E-state index is 13.0. The highest BCUT2D eigenvalue weighted by Crippen LogP contribution is 2.33. The molecule has 1 saturated carbocycles. The van der Waals surface area contributed by atoms with Gasteiger partial charge < -0.3 is 9.64 Å². The van der Waals surface area contributed by atoms with Crippen LogP contribution >= 0.6 is 11.6 Å². The van der Waals surface area contributed by atoms with Gasteiger partial charge in [0.25, 0.3) is 0 Å². The van der Waals surface area contributed by atoms with Crippen LogP contribution in [0.4, 0.5) is 0 Å². The highest BCUT2D eigenvalue weighted by atomic mass is 35.5. The molecule has 0 N–H and O–H groups in total. The molecule has 0 radical (unpaired) electrons. The van der Waals surface area contributed by atoms with Crippen LogP contribution in [0.5, 0.6) is 5.75 Å². The molecule has 144 valence electrons. The molecule has 3 aromatic rings. The lowest BCUT2D eigenvalue weighted by Gasteiger charge is -2.24. The van der Waals surface area contributed by atoms with Gasteiger partial charge in [-0.2, -0.15) is 0 Å². The van der Waals surface area contributed by atoms with Gasteiger partial charge in [0.1, 0.15) is 10.9 Å². The zero-order chi connectivity index (χ0) is 19.7. The molecule has 1 heterocycles. The number of amides is 1. The summed E-state index contributed by atoms with van der Waals surface area (Å²) in [5.74, 6) is 1.09. The van der Waals surface area contributed by atoms with Crippen molar-refractivity contribution >= 4 is 28.4 Å². The maximum Gasteiger partial charge on any atom is 0.226 e. The zero-order valence-electron chi connectivity index (χ0n) is 16.1. The van der Waals surface area contributed by atoms with E-state index in [1.54, 1.807) is 7.11 Å². The summed E-state index contributed by atoms with van der Waals surface area (Å²) >= 11 is 6.49. The number of carbonyl (C=O) groups is 1. The number of rotatable bonds is 6. The molecule has 4 nitrogen and oxygen atoms in total. The average molecular weight is 395 g/mol. The smallest absolute Gasteiger partial charge is 0.226 e. The molecule has 0 unspecified atom stereocenters. The van der Waals surface area contributed by atoms with E-state index in [9.17, 15) is 4.79 Å². The van der Waals surface area contributed by atoms with Crippen LogP contribution in [0.2, 0.25) is 5.15 Å². The van der Waals surface area contributed by atoms with Gasteiger partial charge >= 0.3 is 0 Å². The van der Waals surface area contributed by atoms with Gasteiger partial charge in [0, 0.05) is 35.5 Å². The van der Waals surface area contributed by atoms with Gasteiger partial charge in [0.15, 0.2) is 0 Å². The Morgan fingerprint density at radius 1 is 1.14 bits per heavy atom. The van der Waals surface area contributed by atoms with Crippen LogP contribution < -0.4 is 4.74 Å². The van der Waals surface area contributed by atoms with Gasteiger partial charge in [0.05, 0.1) is 12.6 Å². The van der Waals surface area contributed by atoms with Crippen molar-refractivity contribution in [1.29, 1.82) is 0 Å². The van der Waals surface area contributed by atoms with Crippen molar-refractivity contribution in [2.75, 3.05) is 7.11 Å². The quantitative estimate of drug-likeness (QED) is 0.543. The lowest BCUT2D eigenvalue weighted by Crippen LogP contribution is -2.31. The average Bonchev–Trinajstić information content (AvgIpc) is 3.53. The number of pyridine rings is 1. The van der Waals surface area contributed by atoms with Crippen LogP contribution in [0.25, 0.3) is 10.9 Å². The number of hydrogen-bond acceptors (Lipinski definition) is 3. The van der Waals surface area contributed by atoms with Crippen LogP contribution in [0, 0.1) is 12.8 Å². The van der Waals surface area contributed by atoms with Crippen molar-refractivity contribution in [3.63, 3.8) is 0 Å². The topological polar surface area (TPSA) is 42.4 Å². The van der Waals surface area contributed by atoms with Crippen molar-refractivity contribution < 1.29 is 9.53 Å². The summed E-state index contributed by atoms with van der Waals surface area (Å²) in [7, 11) is 1.65. The largest absolute Gasteiger partial charge is 0.496 e. The molecule has 1 aliphatic carbocycles. The van der Waals surface area contributed by atoms with Gasteiger partial charge in [-0.25, -0.2) is 4.98 Å². The molecular weight excluding hydrogens is 372 g/mol. The van der Waals surface area contributed by atoms with Gasteiger partial charge in [-0.05, 0) is 43.5 Å². The molecule has 0 saturated heterocycles. The number of aryl methyl sites for hydroxylation is 1. The monoisotopic (exact) mass is 394 g/mol. The number of fused-ring (bicyclic) bond motifs is 1. The maximum absolute atomic E-state index is 13.0. The second-order valence-corrected chi connectivity index (χ2v) is 7.77. The number of methoxy groups -OCH3 is 1. The van der Waals surface area contributed by atoms with E-state index in [2.05, 4.69) is 11.1 Å². The Hall–Kier alpha value is -2.59. The zero-order valence-corrected chi connectivity index (χ0v) is 16.9. The van der Waals surface area contributed by atoms with Crippen LogP contribution in [0.15, 0.2) is 48.5 Å². The molecule has 28 heavy (non-hydrogen) atoms. The van der Waals surface area contributed by atoms with Crippen molar-refractivity contribution in [2.24, 2.45) is 5.92 Å². The van der Waals surface area contributed by atoms with Crippen LogP contribution in [-0.4, -0.2) is 22.9 Å². The Kier molecular flexibility index (Phi) is 5.23. The predicted octanol–water partition coefficient (Wildman–Crippen LogP) is 5.14. The highest BCUT2D eigenvalue weighted by Gasteiger charge is 2.34. The first-order chi connectivity index (χ1) is 13.5. The van der Waals surface area contributed by atoms with Crippen molar-refractivity contribution in [3.8, 4) is 5.75 Å². The number of nitrogens with zero attached hydrogens (tertiary/aromatic N) is 2.